The second-order valence-corrected chi connectivity index (χ2v) is 22.9. The smallest absolute Gasteiger partial charge is 0.0579 e. The summed E-state index contributed by atoms with van der Waals surface area (Å²) in [7, 11) is 0. The standard InChI is InChI=1S/C73H50N6O.Pt/c1-45-27-32-52(76-44-77(65-26-15-14-25-64(65)76)71-54(48-17-8-6-9-18-48)22-16-23-55(71)49-19-10-7-11-20-49)38-69(45)80-53-33-34-57-58-40-59-61-37-47(42-74)36-60-56-21-12-13-24-63(56)79(72(60)61)68(59)41-67(58)78(66(57)39-53)70-35-46(2)62(43-75-70)50-28-30-51(31-29-50)73(3,4)5;/h6-37,40-41,43H,1-5H3;/q-2;/i2D3;. The Labute approximate surface area is 483 Å². The third-order valence-corrected chi connectivity index (χ3v) is 17.1. The monoisotopic (exact) mass is 1220 g/mol. The fourth-order valence-electron chi connectivity index (χ4n) is 12.1. The van der Waals surface area contributed by atoms with Gasteiger partial charge in [0, 0.05) is 37.4 Å². The van der Waals surface area contributed by atoms with Crippen LogP contribution in [-0.4, -0.2) is 23.1 Å². The number of aryl methyl sites for hydroxylation is 2. The van der Waals surface area contributed by atoms with Crippen molar-refractivity contribution in [3.63, 3.8) is 0 Å². The minimum absolute atomic E-state index is 0.0790. The molecule has 15 rings (SSSR count). The number of imidazole rings is 1. The van der Waals surface area contributed by atoms with Crippen LogP contribution >= 0.6 is 0 Å². The number of pyridine rings is 1. The second kappa shape index (κ2) is 18.5. The molecule has 81 heavy (non-hydrogen) atoms. The molecule has 0 aliphatic carbocycles. The SMILES string of the molecule is [2H]C([2H])([2H])c1cc(-n2c3[c-]c(Oc4[c-]c(-n5[c](=[Pt])n(-c6c(-c7ccccc7)cccc6-c6ccccc6)c6ccccc65)ccc4C)ccc3c3cc4c5cc(C#N)cc6c7ccccc7n(c4cc32)c65)ncc1-c1ccc(C(C)(C)C)cc1. The van der Waals surface area contributed by atoms with Crippen molar-refractivity contribution in [2.45, 2.75) is 40.0 Å². The number of rotatable bonds is 8. The summed E-state index contributed by atoms with van der Waals surface area (Å²) in [6, 6.07) is 80.5. The molecular formula is C73H50N6OPt-2. The third kappa shape index (κ3) is 7.66. The van der Waals surface area contributed by atoms with Crippen molar-refractivity contribution in [1.82, 2.24) is 23.1 Å². The van der Waals surface area contributed by atoms with Crippen molar-refractivity contribution in [2.75, 3.05) is 0 Å². The number of hydrogen-bond donors (Lipinski definition) is 0. The molecule has 0 unspecified atom stereocenters. The van der Waals surface area contributed by atoms with Crippen LogP contribution in [0, 0.1) is 41.0 Å². The summed E-state index contributed by atoms with van der Waals surface area (Å²) in [5.74, 6) is 1.39. The summed E-state index contributed by atoms with van der Waals surface area (Å²) in [5.41, 5.74) is 16.8. The minimum Gasteiger partial charge on any atom is -0.0579 e. The molecule has 0 amide bonds. The van der Waals surface area contributed by atoms with E-state index in [4.69, 9.17) is 13.8 Å². The van der Waals surface area contributed by atoms with Gasteiger partial charge in [0.15, 0.2) is 0 Å². The molecule has 0 saturated heterocycles. The van der Waals surface area contributed by atoms with Gasteiger partial charge in [-0.3, -0.25) is 0 Å². The van der Waals surface area contributed by atoms with E-state index >= 15 is 0 Å². The summed E-state index contributed by atoms with van der Waals surface area (Å²) in [6.45, 7) is 6.02. The summed E-state index contributed by atoms with van der Waals surface area (Å²) in [6.07, 6.45) is 1.69. The average molecular weight is 1230 g/mol. The first-order chi connectivity index (χ1) is 40.7. The number of ether oxygens (including phenoxy) is 1. The molecule has 5 aromatic heterocycles. The first kappa shape index (κ1) is 45.3. The molecule has 0 aliphatic heterocycles. The summed E-state index contributed by atoms with van der Waals surface area (Å²) < 4.78 is 43.7. The zero-order valence-corrected chi connectivity index (χ0v) is 46.9. The van der Waals surface area contributed by atoms with Crippen LogP contribution in [0.15, 0.2) is 212 Å². The Balaban J connectivity index is 0.922. The van der Waals surface area contributed by atoms with Gasteiger partial charge in [-0.15, -0.1) is 0 Å². The van der Waals surface area contributed by atoms with Crippen LogP contribution in [0.1, 0.15) is 47.1 Å². The fraction of sp³-hybridized carbons (Fsp3) is 0.0822. The number of nitrogens with zero attached hydrogens (tertiary/aromatic N) is 6. The van der Waals surface area contributed by atoms with Crippen molar-refractivity contribution in [2.24, 2.45) is 0 Å². The fourth-order valence-corrected chi connectivity index (χ4v) is 13.2. The van der Waals surface area contributed by atoms with E-state index in [-0.39, 0.29) is 11.0 Å². The van der Waals surface area contributed by atoms with Crippen LogP contribution < -0.4 is 4.74 Å². The van der Waals surface area contributed by atoms with E-state index in [1.807, 2.05) is 60.0 Å². The normalized spacial score (nSPS) is 12.8. The quantitative estimate of drug-likeness (QED) is 0.142. The van der Waals surface area contributed by atoms with E-state index in [1.54, 1.807) is 12.3 Å². The average Bonchev–Trinajstić information content (AvgIpc) is 1.65. The van der Waals surface area contributed by atoms with Crippen LogP contribution in [-0.2, 0) is 24.8 Å². The number of hydrogen-bond acceptors (Lipinski definition) is 3. The summed E-state index contributed by atoms with van der Waals surface area (Å²) in [5, 5.41) is 16.1. The van der Waals surface area contributed by atoms with Gasteiger partial charge in [0.2, 0.25) is 0 Å². The maximum atomic E-state index is 10.3. The Hall–Kier alpha value is -9.60. The van der Waals surface area contributed by atoms with Gasteiger partial charge in [0.05, 0.1) is 28.2 Å². The summed E-state index contributed by atoms with van der Waals surface area (Å²) >= 11 is 2.45. The first-order valence-electron chi connectivity index (χ1n) is 28.5. The number of fused-ring (bicyclic) bond motifs is 10. The summed E-state index contributed by atoms with van der Waals surface area (Å²) in [4.78, 5) is 5.15. The molecule has 0 spiro atoms. The van der Waals surface area contributed by atoms with Crippen LogP contribution in [0.2, 0.25) is 0 Å². The van der Waals surface area contributed by atoms with Gasteiger partial charge in [-0.25, -0.2) is 0 Å². The predicted octanol–water partition coefficient (Wildman–Crippen LogP) is 18.3. The van der Waals surface area contributed by atoms with Gasteiger partial charge in [0.25, 0.3) is 0 Å². The molecule has 0 saturated carbocycles. The van der Waals surface area contributed by atoms with E-state index in [0.29, 0.717) is 34.0 Å². The molecule has 5 heterocycles. The van der Waals surface area contributed by atoms with E-state index in [9.17, 15) is 5.26 Å². The molecule has 0 radical (unpaired) electrons. The maximum absolute atomic E-state index is 10.3. The van der Waals surface area contributed by atoms with E-state index in [0.717, 1.165) is 120 Å². The van der Waals surface area contributed by atoms with E-state index < -0.39 is 6.85 Å². The molecule has 8 heteroatoms. The number of benzene rings is 10. The molecule has 0 bridgehead atoms. The number of nitriles is 1. The molecule has 0 atom stereocenters. The Morgan fingerprint density at radius 1 is 0.543 bits per heavy atom. The van der Waals surface area contributed by atoms with Crippen molar-refractivity contribution in [1.29, 1.82) is 5.26 Å². The zero-order valence-electron chi connectivity index (χ0n) is 47.6. The molecule has 15 aromatic rings. The van der Waals surface area contributed by atoms with Crippen LogP contribution in [0.3, 0.4) is 0 Å². The second-order valence-electron chi connectivity index (χ2n) is 21.9. The Kier molecular flexibility index (Phi) is 10.3. The first-order valence-corrected chi connectivity index (χ1v) is 28.1. The van der Waals surface area contributed by atoms with Crippen molar-refractivity contribution in [3.8, 4) is 68.1 Å². The molecule has 10 aromatic carbocycles. The van der Waals surface area contributed by atoms with Crippen molar-refractivity contribution >= 4 is 70.9 Å². The molecule has 0 aliphatic rings. The van der Waals surface area contributed by atoms with E-state index in [2.05, 4.69) is 224 Å². The van der Waals surface area contributed by atoms with Gasteiger partial charge in [-0.05, 0) is 47.2 Å². The topological polar surface area (TPSA) is 65.1 Å². The van der Waals surface area contributed by atoms with Crippen LogP contribution in [0.5, 0.6) is 11.5 Å². The van der Waals surface area contributed by atoms with Gasteiger partial charge >= 0.3 is 301 Å². The van der Waals surface area contributed by atoms with Crippen LogP contribution in [0.25, 0.3) is 122 Å². The third-order valence-electron chi connectivity index (χ3n) is 16.1. The molecule has 7 nitrogen and oxygen atoms in total. The Morgan fingerprint density at radius 3 is 1.88 bits per heavy atom. The number of aromatic nitrogens is 5. The number of para-hydroxylation sites is 4. The molecule has 0 fully saturated rings. The van der Waals surface area contributed by atoms with E-state index in [1.165, 1.54) is 0 Å². The molecule has 390 valence electrons. The van der Waals surface area contributed by atoms with Gasteiger partial charge in [-0.2, -0.15) is 5.26 Å². The zero-order chi connectivity index (χ0) is 57.3. The Bertz CT molecular complexity index is 5230. The van der Waals surface area contributed by atoms with Crippen molar-refractivity contribution < 1.29 is 28.2 Å². The minimum atomic E-state index is -2.49. The Morgan fingerprint density at radius 2 is 1.19 bits per heavy atom. The van der Waals surface area contributed by atoms with Gasteiger partial charge in [0.1, 0.15) is 0 Å². The van der Waals surface area contributed by atoms with Crippen molar-refractivity contribution in [3.05, 3.63) is 251 Å². The molecule has 0 N–H and O–H groups in total. The van der Waals surface area contributed by atoms with Gasteiger partial charge < -0.3 is 4.40 Å². The van der Waals surface area contributed by atoms with Gasteiger partial charge in [-0.1, -0.05) is 63.2 Å². The predicted molar refractivity (Wildman–Crippen MR) is 326 cm³/mol. The van der Waals surface area contributed by atoms with Crippen LogP contribution in [0.4, 0.5) is 0 Å². The molecular weight excluding hydrogens is 1170 g/mol.